The number of halogens is 1. The molecule has 1 fully saturated rings. The lowest BCUT2D eigenvalue weighted by Gasteiger charge is -2.50. The molecule has 3 aliphatic rings. The lowest BCUT2D eigenvalue weighted by molar-refractivity contribution is -0.146. The van der Waals surface area contributed by atoms with Crippen molar-refractivity contribution in [2.45, 2.75) is 50.8 Å². The van der Waals surface area contributed by atoms with E-state index in [-0.39, 0.29) is 6.04 Å². The summed E-state index contributed by atoms with van der Waals surface area (Å²) >= 11 is 3.62. The fourth-order valence-electron chi connectivity index (χ4n) is 4.60. The number of methoxy groups -OCH3 is 1. The highest BCUT2D eigenvalue weighted by atomic mass is 79.9. The molecule has 5 rings (SSSR count). The first-order valence-electron chi connectivity index (χ1n) is 9.57. The van der Waals surface area contributed by atoms with Crippen LogP contribution in [0.3, 0.4) is 0 Å². The summed E-state index contributed by atoms with van der Waals surface area (Å²) < 4.78 is 19.0. The standard InChI is InChI=1S/C21H23BrN2O3/c1-13-5-7-21(8-6-13)24-17(12-16(23-24)18-4-3-9-26-18)15-10-14(22)11-19(25-2)20(15)27-21/h3-4,9-11,13,17H,5-8,12H2,1-2H3/t13?,17-,21?/m0/s1. The molecule has 1 atom stereocenters. The summed E-state index contributed by atoms with van der Waals surface area (Å²) in [7, 11) is 1.70. The summed E-state index contributed by atoms with van der Waals surface area (Å²) in [6.07, 6.45) is 6.74. The molecule has 0 saturated heterocycles. The number of benzene rings is 1. The summed E-state index contributed by atoms with van der Waals surface area (Å²) in [5, 5.41) is 7.23. The van der Waals surface area contributed by atoms with E-state index in [1.165, 1.54) is 0 Å². The molecule has 0 bridgehead atoms. The molecule has 2 aromatic rings. The van der Waals surface area contributed by atoms with Crippen molar-refractivity contribution in [2.24, 2.45) is 11.0 Å². The molecule has 0 N–H and O–H groups in total. The van der Waals surface area contributed by atoms with Crippen molar-refractivity contribution in [3.63, 3.8) is 0 Å². The van der Waals surface area contributed by atoms with Crippen LogP contribution in [-0.2, 0) is 0 Å². The van der Waals surface area contributed by atoms with Crippen LogP contribution in [0.15, 0.2) is 44.5 Å². The van der Waals surface area contributed by atoms with Gasteiger partial charge in [-0.2, -0.15) is 5.10 Å². The average Bonchev–Trinajstić information content (AvgIpc) is 3.34. The van der Waals surface area contributed by atoms with Crippen molar-refractivity contribution in [2.75, 3.05) is 7.11 Å². The second kappa shape index (κ2) is 6.30. The van der Waals surface area contributed by atoms with Crippen molar-refractivity contribution in [1.82, 2.24) is 5.01 Å². The molecule has 2 aliphatic heterocycles. The molecular formula is C21H23BrN2O3. The van der Waals surface area contributed by atoms with Gasteiger partial charge in [0.05, 0.1) is 19.4 Å². The van der Waals surface area contributed by atoms with Crippen LogP contribution in [0.2, 0.25) is 0 Å². The largest absolute Gasteiger partial charge is 0.493 e. The third kappa shape index (κ3) is 2.68. The van der Waals surface area contributed by atoms with Gasteiger partial charge in [0, 0.05) is 29.3 Å². The first kappa shape index (κ1) is 17.2. The molecule has 1 saturated carbocycles. The minimum atomic E-state index is -0.403. The van der Waals surface area contributed by atoms with Crippen molar-refractivity contribution in [1.29, 1.82) is 0 Å². The van der Waals surface area contributed by atoms with Crippen LogP contribution in [0.5, 0.6) is 11.5 Å². The first-order valence-corrected chi connectivity index (χ1v) is 10.4. The Morgan fingerprint density at radius 1 is 1.30 bits per heavy atom. The smallest absolute Gasteiger partial charge is 0.198 e. The molecule has 1 spiro atoms. The molecule has 0 amide bonds. The van der Waals surface area contributed by atoms with E-state index in [0.29, 0.717) is 0 Å². The van der Waals surface area contributed by atoms with E-state index in [1.807, 2.05) is 18.2 Å². The molecule has 1 aromatic carbocycles. The second-order valence-electron chi connectivity index (χ2n) is 7.85. The maximum atomic E-state index is 6.71. The summed E-state index contributed by atoms with van der Waals surface area (Å²) in [5.41, 5.74) is 1.70. The second-order valence-corrected chi connectivity index (χ2v) is 8.76. The third-order valence-corrected chi connectivity index (χ3v) is 6.57. The minimum absolute atomic E-state index is 0.133. The zero-order valence-corrected chi connectivity index (χ0v) is 17.2. The van der Waals surface area contributed by atoms with E-state index >= 15 is 0 Å². The Balaban J connectivity index is 1.63. The van der Waals surface area contributed by atoms with Crippen LogP contribution < -0.4 is 9.47 Å². The number of rotatable bonds is 2. The number of hydrogen-bond acceptors (Lipinski definition) is 5. The summed E-state index contributed by atoms with van der Waals surface area (Å²) in [4.78, 5) is 0. The van der Waals surface area contributed by atoms with Gasteiger partial charge in [0.15, 0.2) is 17.2 Å². The van der Waals surface area contributed by atoms with Crippen LogP contribution in [0.25, 0.3) is 0 Å². The van der Waals surface area contributed by atoms with Gasteiger partial charge in [-0.05, 0) is 43.0 Å². The number of hydrogen-bond donors (Lipinski definition) is 0. The van der Waals surface area contributed by atoms with E-state index in [2.05, 4.69) is 33.9 Å². The van der Waals surface area contributed by atoms with Gasteiger partial charge in [-0.3, -0.25) is 0 Å². The molecule has 6 heteroatoms. The van der Waals surface area contributed by atoms with Crippen molar-refractivity contribution >= 4 is 21.6 Å². The quantitative estimate of drug-likeness (QED) is 0.630. The molecule has 0 radical (unpaired) electrons. The van der Waals surface area contributed by atoms with Gasteiger partial charge >= 0.3 is 0 Å². The Morgan fingerprint density at radius 3 is 2.81 bits per heavy atom. The van der Waals surface area contributed by atoms with Gasteiger partial charge in [-0.15, -0.1) is 0 Å². The van der Waals surface area contributed by atoms with Gasteiger partial charge < -0.3 is 13.9 Å². The summed E-state index contributed by atoms with van der Waals surface area (Å²) in [6.45, 7) is 2.32. The highest BCUT2D eigenvalue weighted by molar-refractivity contribution is 9.10. The molecular weight excluding hydrogens is 408 g/mol. The van der Waals surface area contributed by atoms with E-state index < -0.39 is 5.72 Å². The van der Waals surface area contributed by atoms with Gasteiger partial charge in [-0.25, -0.2) is 5.01 Å². The molecule has 3 heterocycles. The Bertz CT molecular complexity index is 885. The number of ether oxygens (including phenoxy) is 2. The van der Waals surface area contributed by atoms with Crippen LogP contribution in [0.1, 0.15) is 56.4 Å². The monoisotopic (exact) mass is 430 g/mol. The average molecular weight is 431 g/mol. The Morgan fingerprint density at radius 2 is 2.11 bits per heavy atom. The zero-order valence-electron chi connectivity index (χ0n) is 15.6. The topological polar surface area (TPSA) is 47.2 Å². The van der Waals surface area contributed by atoms with E-state index in [9.17, 15) is 0 Å². The van der Waals surface area contributed by atoms with Crippen LogP contribution in [0.4, 0.5) is 0 Å². The van der Waals surface area contributed by atoms with Crippen LogP contribution >= 0.6 is 15.9 Å². The van der Waals surface area contributed by atoms with Crippen molar-refractivity contribution < 1.29 is 13.9 Å². The predicted octanol–water partition coefficient (Wildman–Crippen LogP) is 5.50. The third-order valence-electron chi connectivity index (χ3n) is 6.11. The maximum absolute atomic E-state index is 6.71. The van der Waals surface area contributed by atoms with Gasteiger partial charge in [0.1, 0.15) is 11.5 Å². The fourth-order valence-corrected chi connectivity index (χ4v) is 5.05. The Kier molecular flexibility index (Phi) is 4.00. The molecule has 5 nitrogen and oxygen atoms in total. The van der Waals surface area contributed by atoms with E-state index in [0.717, 1.165) is 71.0 Å². The Hall–Kier alpha value is -1.95. The first-order chi connectivity index (χ1) is 13.1. The van der Waals surface area contributed by atoms with Crippen molar-refractivity contribution in [3.8, 4) is 11.5 Å². The van der Waals surface area contributed by atoms with Gasteiger partial charge in [-0.1, -0.05) is 22.9 Å². The summed E-state index contributed by atoms with van der Waals surface area (Å²) in [6, 6.07) is 8.15. The Labute approximate surface area is 167 Å². The maximum Gasteiger partial charge on any atom is 0.198 e. The number of furan rings is 1. The highest BCUT2D eigenvalue weighted by Crippen LogP contribution is 2.55. The lowest BCUT2D eigenvalue weighted by Crippen LogP contribution is -2.55. The highest BCUT2D eigenvalue weighted by Gasteiger charge is 2.52. The SMILES string of the molecule is COc1cc(Br)cc2c1OC1(CCC(C)CC1)N1N=C(c3ccco3)C[C@@H]21. The van der Waals surface area contributed by atoms with Crippen molar-refractivity contribution in [3.05, 3.63) is 46.3 Å². The molecule has 1 aliphatic carbocycles. The zero-order chi connectivity index (χ0) is 18.6. The predicted molar refractivity (Wildman–Crippen MR) is 106 cm³/mol. The minimum Gasteiger partial charge on any atom is -0.493 e. The van der Waals surface area contributed by atoms with E-state index in [1.54, 1.807) is 13.4 Å². The normalized spacial score (nSPS) is 29.1. The van der Waals surface area contributed by atoms with Crippen LogP contribution in [-0.4, -0.2) is 23.6 Å². The molecule has 27 heavy (non-hydrogen) atoms. The van der Waals surface area contributed by atoms with Crippen LogP contribution in [0, 0.1) is 5.92 Å². The van der Waals surface area contributed by atoms with Gasteiger partial charge in [0.2, 0.25) is 0 Å². The number of hydrazone groups is 1. The number of fused-ring (bicyclic) bond motifs is 4. The summed E-state index contributed by atoms with van der Waals surface area (Å²) in [5.74, 6) is 3.21. The molecule has 142 valence electrons. The fraction of sp³-hybridized carbons (Fsp3) is 0.476. The van der Waals surface area contributed by atoms with Gasteiger partial charge in [0.25, 0.3) is 0 Å². The number of nitrogens with zero attached hydrogens (tertiary/aromatic N) is 2. The van der Waals surface area contributed by atoms with E-state index in [4.69, 9.17) is 19.0 Å². The lowest BCUT2D eigenvalue weighted by atomic mass is 9.82. The molecule has 0 unspecified atom stereocenters. The molecule has 1 aromatic heterocycles.